The molecule has 0 aliphatic rings. The van der Waals surface area contributed by atoms with Gasteiger partial charge < -0.3 is 0 Å². The highest BCUT2D eigenvalue weighted by Crippen LogP contribution is 2.33. The van der Waals surface area contributed by atoms with E-state index in [0.717, 1.165) is 0 Å². The summed E-state index contributed by atoms with van der Waals surface area (Å²) in [6.07, 6.45) is 0. The molecule has 15 heteroatoms. The molecule has 0 spiro atoms. The molecule has 0 radical (unpaired) electrons. The van der Waals surface area contributed by atoms with Gasteiger partial charge in [0.05, 0.1) is 62.5 Å². The first-order valence-electron chi connectivity index (χ1n) is 16.5. The number of fused-ring (bicyclic) bond motifs is 12. The molecule has 6 aromatic carbocycles. The largest absolute Gasteiger partial charge is 0.247 e. The van der Waals surface area contributed by atoms with Gasteiger partial charge in [0.1, 0.15) is 0 Å². The Hall–Kier alpha value is -6.42. The van der Waals surface area contributed by atoms with Crippen LogP contribution in [-0.4, -0.2) is 53.4 Å². The first-order chi connectivity index (χ1) is 26.0. The standard InChI is InChI=1S/C39H24N6O6S3/c46-52(47,25-10-4-1-5-11-25)28-16-19-34-31(22-28)40-37-43(34)38-41-33-24-30(54(50,51)27-14-8-3-9-15-27)18-21-36(33)45(38)39-42-32-23-29(17-20-35(32)44(37)39)53(48,49)26-12-6-2-7-13-26/h1-24H. The zero-order valence-corrected chi connectivity index (χ0v) is 30.2. The van der Waals surface area contributed by atoms with Crippen molar-refractivity contribution in [1.29, 1.82) is 0 Å². The Morgan fingerprint density at radius 3 is 0.833 bits per heavy atom. The van der Waals surface area contributed by atoms with Crippen molar-refractivity contribution < 1.29 is 25.3 Å². The number of aromatic nitrogens is 6. The van der Waals surface area contributed by atoms with Crippen molar-refractivity contribution in [3.63, 3.8) is 0 Å². The lowest BCUT2D eigenvalue weighted by Crippen LogP contribution is -2.04. The normalized spacial score (nSPS) is 12.9. The second-order valence-corrected chi connectivity index (χ2v) is 18.5. The fourth-order valence-electron chi connectivity index (χ4n) is 6.89. The van der Waals surface area contributed by atoms with E-state index in [1.165, 1.54) is 72.8 Å². The number of benzene rings is 6. The van der Waals surface area contributed by atoms with Crippen molar-refractivity contribution in [2.75, 3.05) is 0 Å². The van der Waals surface area contributed by atoms with E-state index in [9.17, 15) is 25.3 Å². The molecule has 0 saturated heterocycles. The number of imidazole rings is 3. The molecule has 0 fully saturated rings. The van der Waals surface area contributed by atoms with E-state index >= 15 is 0 Å². The molecule has 10 aromatic rings. The maximum Gasteiger partial charge on any atom is 0.225 e. The van der Waals surface area contributed by atoms with Crippen LogP contribution in [-0.2, 0) is 29.5 Å². The number of rotatable bonds is 6. The van der Waals surface area contributed by atoms with Crippen LogP contribution in [0.25, 0.3) is 50.4 Å². The average Bonchev–Trinajstić information content (AvgIpc) is 3.89. The summed E-state index contributed by atoms with van der Waals surface area (Å²) in [4.78, 5) is 15.3. The lowest BCUT2D eigenvalue weighted by molar-refractivity contribution is 0.594. The smallest absolute Gasteiger partial charge is 0.225 e. The zero-order chi connectivity index (χ0) is 37.0. The molecule has 0 atom stereocenters. The van der Waals surface area contributed by atoms with Gasteiger partial charge in [0.15, 0.2) is 0 Å². The average molecular weight is 769 g/mol. The summed E-state index contributed by atoms with van der Waals surface area (Å²) in [7, 11) is -11.7. The Labute approximate surface area is 307 Å². The zero-order valence-electron chi connectivity index (χ0n) is 27.7. The Kier molecular flexibility index (Phi) is 6.74. The summed E-state index contributed by atoms with van der Waals surface area (Å²) < 4.78 is 87.1. The van der Waals surface area contributed by atoms with E-state index in [4.69, 9.17) is 15.0 Å². The fraction of sp³-hybridized carbons (Fsp3) is 0. The van der Waals surface area contributed by atoms with Gasteiger partial charge in [-0.3, -0.25) is 0 Å². The van der Waals surface area contributed by atoms with E-state index in [2.05, 4.69) is 0 Å². The SMILES string of the molecule is O=S(=O)(c1ccccc1)c1ccc2c(c1)nc1n2c2nc3cc(S(=O)(=O)c4ccccc4)ccc3n2c2nc3cc(S(=O)(=O)c4ccccc4)ccc3n12. The van der Waals surface area contributed by atoms with E-state index in [1.807, 2.05) is 0 Å². The third kappa shape index (κ3) is 4.58. The van der Waals surface area contributed by atoms with Crippen LogP contribution >= 0.6 is 0 Å². The summed E-state index contributed by atoms with van der Waals surface area (Å²) >= 11 is 0. The van der Waals surface area contributed by atoms with Crippen molar-refractivity contribution >= 4 is 79.9 Å². The highest BCUT2D eigenvalue weighted by atomic mass is 32.2. The molecule has 0 N–H and O–H groups in total. The Balaban J connectivity index is 1.29. The first kappa shape index (κ1) is 32.2. The molecular formula is C39H24N6O6S3. The first-order valence-corrected chi connectivity index (χ1v) is 21.0. The van der Waals surface area contributed by atoms with Crippen molar-refractivity contribution in [1.82, 2.24) is 28.2 Å². The second-order valence-electron chi connectivity index (χ2n) is 12.6. The van der Waals surface area contributed by atoms with Crippen LogP contribution in [0.3, 0.4) is 0 Å². The number of sulfone groups is 3. The van der Waals surface area contributed by atoms with Gasteiger partial charge in [-0.05, 0) is 91.0 Å². The van der Waals surface area contributed by atoms with Crippen molar-refractivity contribution in [2.24, 2.45) is 0 Å². The minimum absolute atomic E-state index is 0.0485. The minimum atomic E-state index is -3.88. The molecule has 0 bridgehead atoms. The maximum atomic E-state index is 13.6. The van der Waals surface area contributed by atoms with Gasteiger partial charge in [-0.25, -0.2) is 53.4 Å². The predicted molar refractivity (Wildman–Crippen MR) is 201 cm³/mol. The summed E-state index contributed by atoms with van der Waals surface area (Å²) in [6, 6.07) is 38.4. The van der Waals surface area contributed by atoms with Crippen molar-refractivity contribution in [3.8, 4) is 0 Å². The highest BCUT2D eigenvalue weighted by molar-refractivity contribution is 7.92. The monoisotopic (exact) mass is 768 g/mol. The van der Waals surface area contributed by atoms with Gasteiger partial charge in [-0.2, -0.15) is 0 Å². The summed E-state index contributed by atoms with van der Waals surface area (Å²) in [6.45, 7) is 0. The van der Waals surface area contributed by atoms with Crippen LogP contribution in [0, 0.1) is 0 Å². The van der Waals surface area contributed by atoms with Crippen molar-refractivity contribution in [2.45, 2.75) is 29.4 Å². The number of nitrogens with zero attached hydrogens (tertiary/aromatic N) is 6. The molecule has 54 heavy (non-hydrogen) atoms. The summed E-state index contributed by atoms with van der Waals surface area (Å²) in [5.41, 5.74) is 2.65. The van der Waals surface area contributed by atoms with E-state index in [0.29, 0.717) is 50.4 Å². The molecule has 12 nitrogen and oxygen atoms in total. The maximum absolute atomic E-state index is 13.6. The molecular weight excluding hydrogens is 745 g/mol. The Morgan fingerprint density at radius 1 is 0.315 bits per heavy atom. The quantitative estimate of drug-likeness (QED) is 0.182. The van der Waals surface area contributed by atoms with Crippen LogP contribution in [0.5, 0.6) is 0 Å². The molecule has 0 aliphatic carbocycles. The molecule has 10 rings (SSSR count). The van der Waals surface area contributed by atoms with E-state index < -0.39 is 29.5 Å². The molecule has 264 valence electrons. The van der Waals surface area contributed by atoms with Crippen molar-refractivity contribution in [3.05, 3.63) is 146 Å². The van der Waals surface area contributed by atoms with Gasteiger partial charge >= 0.3 is 0 Å². The predicted octanol–water partition coefficient (Wildman–Crippen LogP) is 6.59. The fourth-order valence-corrected chi connectivity index (χ4v) is 10.8. The van der Waals surface area contributed by atoms with Gasteiger partial charge in [0.2, 0.25) is 46.8 Å². The third-order valence-corrected chi connectivity index (χ3v) is 14.8. The van der Waals surface area contributed by atoms with Crippen LogP contribution < -0.4 is 0 Å². The van der Waals surface area contributed by atoms with Crippen LogP contribution in [0.15, 0.2) is 175 Å². The lowest BCUT2D eigenvalue weighted by atomic mass is 10.3. The minimum Gasteiger partial charge on any atom is -0.247 e. The highest BCUT2D eigenvalue weighted by Gasteiger charge is 2.26. The Bertz CT molecular complexity index is 3120. The number of hydrogen-bond donors (Lipinski definition) is 0. The second kappa shape index (κ2) is 11.3. The van der Waals surface area contributed by atoms with E-state index in [1.54, 1.807) is 86.0 Å². The van der Waals surface area contributed by atoms with Gasteiger partial charge in [0.25, 0.3) is 0 Å². The molecule has 0 unspecified atom stereocenters. The van der Waals surface area contributed by atoms with Gasteiger partial charge in [-0.1, -0.05) is 54.6 Å². The summed E-state index contributed by atoms with van der Waals surface area (Å²) in [5, 5.41) is 0. The van der Waals surface area contributed by atoms with Gasteiger partial charge in [0, 0.05) is 0 Å². The van der Waals surface area contributed by atoms with Crippen LogP contribution in [0.1, 0.15) is 0 Å². The Morgan fingerprint density at radius 2 is 0.574 bits per heavy atom. The molecule has 4 heterocycles. The molecule has 0 aliphatic heterocycles. The van der Waals surface area contributed by atoms with Crippen LogP contribution in [0.4, 0.5) is 0 Å². The summed E-state index contributed by atoms with van der Waals surface area (Å²) in [5.74, 6) is 0.987. The van der Waals surface area contributed by atoms with Gasteiger partial charge in [-0.15, -0.1) is 0 Å². The lowest BCUT2D eigenvalue weighted by Gasteiger charge is -2.07. The molecule has 4 aromatic heterocycles. The molecule has 0 amide bonds. The van der Waals surface area contributed by atoms with Crippen LogP contribution in [0.2, 0.25) is 0 Å². The van der Waals surface area contributed by atoms with E-state index in [-0.39, 0.29) is 29.4 Å². The molecule has 0 saturated carbocycles. The third-order valence-electron chi connectivity index (χ3n) is 9.52. The number of hydrogen-bond acceptors (Lipinski definition) is 9. The topological polar surface area (TPSA) is 154 Å².